The number of hydrogen-bond acceptors (Lipinski definition) is 7. The van der Waals surface area contributed by atoms with Crippen molar-refractivity contribution in [3.8, 4) is 11.5 Å². The summed E-state index contributed by atoms with van der Waals surface area (Å²) in [4.78, 5) is 17.2. The second-order valence-corrected chi connectivity index (χ2v) is 11.3. The highest BCUT2D eigenvalue weighted by Gasteiger charge is 2.75. The van der Waals surface area contributed by atoms with Crippen LogP contribution in [0, 0.1) is 5.92 Å². The fourth-order valence-electron chi connectivity index (χ4n) is 7.73. The summed E-state index contributed by atoms with van der Waals surface area (Å²) >= 11 is 0. The molecule has 3 fully saturated rings. The first-order chi connectivity index (χ1) is 17.3. The number of carbonyl (C=O) groups excluding carboxylic acids is 1. The van der Waals surface area contributed by atoms with Gasteiger partial charge in [-0.1, -0.05) is 6.07 Å². The Morgan fingerprint density at radius 3 is 2.83 bits per heavy atom. The van der Waals surface area contributed by atoms with Gasteiger partial charge in [0.2, 0.25) is 5.91 Å². The van der Waals surface area contributed by atoms with Gasteiger partial charge in [-0.3, -0.25) is 9.69 Å². The van der Waals surface area contributed by atoms with Gasteiger partial charge in [0.05, 0.1) is 41.7 Å². The van der Waals surface area contributed by atoms with Gasteiger partial charge in [0.15, 0.2) is 11.5 Å². The molecular weight excluding hydrogens is 460 g/mol. The number of phenols is 1. The van der Waals surface area contributed by atoms with Crippen molar-refractivity contribution in [2.45, 2.75) is 67.4 Å². The van der Waals surface area contributed by atoms with Crippen molar-refractivity contribution in [2.75, 3.05) is 20.1 Å². The minimum Gasteiger partial charge on any atom is -0.504 e. The molecule has 7 rings (SSSR count). The number of likely N-dealkylation sites (tertiary alicyclic amines) is 1. The summed E-state index contributed by atoms with van der Waals surface area (Å²) in [6.07, 6.45) is 9.02. The molecule has 2 aromatic rings. The number of piperidine rings is 1. The highest BCUT2D eigenvalue weighted by atomic mass is 16.5. The number of furan rings is 1. The smallest absolute Gasteiger partial charge is 0.246 e. The molecule has 1 aromatic carbocycles. The Morgan fingerprint density at radius 2 is 2.08 bits per heavy atom. The largest absolute Gasteiger partial charge is 0.504 e. The molecule has 1 aromatic heterocycles. The van der Waals surface area contributed by atoms with E-state index >= 15 is 0 Å². The number of amides is 1. The lowest BCUT2D eigenvalue weighted by Gasteiger charge is -2.65. The number of aliphatic hydroxyl groups is 2. The Kier molecular flexibility index (Phi) is 4.73. The molecule has 1 unspecified atom stereocenters. The topological polar surface area (TPSA) is 107 Å². The van der Waals surface area contributed by atoms with E-state index in [1.165, 1.54) is 18.9 Å². The van der Waals surface area contributed by atoms with Crippen molar-refractivity contribution in [3.63, 3.8) is 0 Å². The van der Waals surface area contributed by atoms with Crippen LogP contribution in [-0.2, 0) is 10.2 Å². The monoisotopic (exact) mass is 492 g/mol. The van der Waals surface area contributed by atoms with Gasteiger partial charge < -0.3 is 29.4 Å². The van der Waals surface area contributed by atoms with Crippen molar-refractivity contribution in [1.82, 2.24) is 9.80 Å². The molecule has 0 radical (unpaired) electrons. The van der Waals surface area contributed by atoms with Crippen LogP contribution in [0.25, 0.3) is 6.08 Å². The van der Waals surface area contributed by atoms with Crippen LogP contribution in [0.1, 0.15) is 54.9 Å². The van der Waals surface area contributed by atoms with Gasteiger partial charge in [0, 0.05) is 30.8 Å². The van der Waals surface area contributed by atoms with E-state index in [9.17, 15) is 20.1 Å². The maximum absolute atomic E-state index is 13.2. The summed E-state index contributed by atoms with van der Waals surface area (Å²) in [5.74, 6) is 0.833. The first kappa shape index (κ1) is 22.4. The van der Waals surface area contributed by atoms with Crippen molar-refractivity contribution >= 4 is 12.0 Å². The lowest BCUT2D eigenvalue weighted by molar-refractivity contribution is -0.223. The molecule has 3 aliphatic carbocycles. The maximum Gasteiger partial charge on any atom is 0.246 e. The molecule has 3 N–H and O–H groups in total. The van der Waals surface area contributed by atoms with E-state index < -0.39 is 29.3 Å². The number of aromatic hydroxyl groups is 1. The van der Waals surface area contributed by atoms with Crippen molar-refractivity contribution < 1.29 is 29.3 Å². The van der Waals surface area contributed by atoms with Crippen molar-refractivity contribution in [2.24, 2.45) is 5.92 Å². The van der Waals surface area contributed by atoms with Crippen LogP contribution in [0.2, 0.25) is 0 Å². The number of aliphatic hydroxyl groups excluding tert-OH is 1. The van der Waals surface area contributed by atoms with Gasteiger partial charge >= 0.3 is 0 Å². The molecule has 36 heavy (non-hydrogen) atoms. The van der Waals surface area contributed by atoms with Crippen molar-refractivity contribution in [3.05, 3.63) is 53.5 Å². The van der Waals surface area contributed by atoms with Crippen LogP contribution in [0.5, 0.6) is 11.5 Å². The Bertz CT molecular complexity index is 1240. The molecule has 2 bridgehead atoms. The van der Waals surface area contributed by atoms with Gasteiger partial charge in [0.25, 0.3) is 0 Å². The predicted octanol–water partition coefficient (Wildman–Crippen LogP) is 2.58. The summed E-state index contributed by atoms with van der Waals surface area (Å²) in [6, 6.07) is 4.41. The average Bonchev–Trinajstić information content (AvgIpc) is 3.38. The second kappa shape index (κ2) is 7.60. The number of phenolic OH excluding ortho intramolecular Hbond substituents is 1. The third-order valence-corrected chi connectivity index (χ3v) is 9.58. The van der Waals surface area contributed by atoms with E-state index in [4.69, 9.17) is 9.15 Å². The molecule has 3 heterocycles. The molecule has 190 valence electrons. The highest BCUT2D eigenvalue weighted by molar-refractivity contribution is 5.92. The van der Waals surface area contributed by atoms with E-state index in [0.29, 0.717) is 30.9 Å². The predicted molar refractivity (Wildman–Crippen MR) is 130 cm³/mol. The number of hydrogen-bond donors (Lipinski definition) is 3. The summed E-state index contributed by atoms with van der Waals surface area (Å²) < 4.78 is 11.6. The average molecular weight is 493 g/mol. The van der Waals surface area contributed by atoms with E-state index in [1.54, 1.807) is 48.7 Å². The molecule has 2 saturated carbocycles. The van der Waals surface area contributed by atoms with Crippen LogP contribution in [-0.4, -0.2) is 75.0 Å². The molecule has 1 amide bonds. The summed E-state index contributed by atoms with van der Waals surface area (Å²) in [7, 11) is 1.78. The van der Waals surface area contributed by atoms with Crippen LogP contribution in [0.15, 0.2) is 41.2 Å². The van der Waals surface area contributed by atoms with Gasteiger partial charge in [-0.25, -0.2) is 0 Å². The normalized spacial score (nSPS) is 36.5. The first-order valence-corrected chi connectivity index (χ1v) is 13.0. The number of carbonyl (C=O) groups is 1. The van der Waals surface area contributed by atoms with Gasteiger partial charge in [-0.05, 0) is 68.3 Å². The molecule has 1 saturated heterocycles. The van der Waals surface area contributed by atoms with Gasteiger partial charge in [0.1, 0.15) is 6.10 Å². The van der Waals surface area contributed by atoms with Crippen LogP contribution < -0.4 is 4.74 Å². The molecule has 1 spiro atoms. The van der Waals surface area contributed by atoms with Crippen LogP contribution in [0.3, 0.4) is 0 Å². The fourth-order valence-corrected chi connectivity index (χ4v) is 7.73. The summed E-state index contributed by atoms with van der Waals surface area (Å²) in [6.45, 7) is 1.62. The zero-order valence-corrected chi connectivity index (χ0v) is 20.3. The fraction of sp³-hybridized carbons (Fsp3) is 0.536. The molecular formula is C28H32N2O6. The third-order valence-electron chi connectivity index (χ3n) is 9.58. The Labute approximate surface area is 209 Å². The van der Waals surface area contributed by atoms with E-state index in [-0.39, 0.29) is 17.7 Å². The first-order valence-electron chi connectivity index (χ1n) is 13.0. The van der Waals surface area contributed by atoms with Gasteiger partial charge in [-0.2, -0.15) is 0 Å². The zero-order valence-electron chi connectivity index (χ0n) is 20.3. The number of rotatable bonds is 5. The molecule has 8 nitrogen and oxygen atoms in total. The van der Waals surface area contributed by atoms with E-state index in [0.717, 1.165) is 29.8 Å². The van der Waals surface area contributed by atoms with E-state index in [1.807, 2.05) is 0 Å². The van der Waals surface area contributed by atoms with Crippen molar-refractivity contribution in [1.29, 1.82) is 0 Å². The van der Waals surface area contributed by atoms with Crippen LogP contribution in [0.4, 0.5) is 0 Å². The minimum absolute atomic E-state index is 0.0125. The number of nitrogens with zero attached hydrogens (tertiary/aromatic N) is 2. The standard InChI is InChI=1S/C28H32N2O6/c1-29(21(32)7-4-17-9-13-35-15-17)19-8-10-28(34)25-23(33)18-5-6-20(31)24-22(18)27(28,26(19)36-24)11-12-30(25)14-16-2-3-16/h4-7,9,13,15-16,19,23,25-26,31,33-34H,2-3,8,10-12,14H2,1H3/b7-4+/t19-,23?,25-,26+,27+,28-/m1/s1. The number of likely N-dealkylation sites (N-methyl/N-ethyl adjacent to an activating group) is 1. The van der Waals surface area contributed by atoms with Gasteiger partial charge in [-0.15, -0.1) is 0 Å². The zero-order chi connectivity index (χ0) is 24.8. The SMILES string of the molecule is CN(C(=O)/C=C/c1ccoc1)[C@@H]1CC[C@@]2(O)[C@H]3C(O)c4ccc(O)c5c4[C@@]2(CCN3CC2CC2)[C@H]1O5. The quantitative estimate of drug-likeness (QED) is 0.551. The Balaban J connectivity index is 1.30. The molecule has 8 heteroatoms. The molecule has 2 aliphatic heterocycles. The lowest BCUT2D eigenvalue weighted by Crippen LogP contribution is -2.79. The molecule has 6 atom stereocenters. The highest BCUT2D eigenvalue weighted by Crippen LogP contribution is 2.67. The minimum atomic E-state index is -1.22. The second-order valence-electron chi connectivity index (χ2n) is 11.3. The summed E-state index contributed by atoms with van der Waals surface area (Å²) in [5, 5.41) is 34.9. The van der Waals surface area contributed by atoms with E-state index in [2.05, 4.69) is 4.90 Å². The Hall–Kier alpha value is -2.81. The van der Waals surface area contributed by atoms with Crippen LogP contribution >= 0.6 is 0 Å². The number of ether oxygens (including phenoxy) is 1. The summed E-state index contributed by atoms with van der Waals surface area (Å²) in [5.41, 5.74) is 0.258. The lowest BCUT2D eigenvalue weighted by atomic mass is 9.47. The third kappa shape index (κ3) is 2.83. The Morgan fingerprint density at radius 1 is 1.25 bits per heavy atom. The molecule has 5 aliphatic rings. The number of benzene rings is 1. The maximum atomic E-state index is 13.2.